The van der Waals surface area contributed by atoms with Gasteiger partial charge >= 0.3 is 0 Å². The highest BCUT2D eigenvalue weighted by Crippen LogP contribution is 2.30. The maximum atomic E-state index is 5.96. The number of benzene rings is 1. The van der Waals surface area contributed by atoms with Crippen LogP contribution in [0.5, 0.6) is 5.88 Å². The van der Waals surface area contributed by atoms with E-state index in [1.165, 1.54) is 0 Å². The van der Waals surface area contributed by atoms with Crippen LogP contribution in [0.2, 0.25) is 0 Å². The highest BCUT2D eigenvalue weighted by molar-refractivity contribution is 5.76. The summed E-state index contributed by atoms with van der Waals surface area (Å²) in [6.07, 6.45) is 5.63. The summed E-state index contributed by atoms with van der Waals surface area (Å²) >= 11 is 0. The standard InChI is InChI=1S/C19H22N4O2/c1-2-15-22-17-18(23(15)16-10-6-7-11-24-16)20-13-21-19(17)25-12-14-8-4-3-5-9-14/h3-5,8-9,13,16H,2,6-7,10-12H2,1H3. The van der Waals surface area contributed by atoms with E-state index in [1.54, 1.807) is 6.33 Å². The molecule has 0 saturated carbocycles. The van der Waals surface area contributed by atoms with Crippen LogP contribution in [-0.4, -0.2) is 26.1 Å². The second kappa shape index (κ2) is 7.19. The molecule has 25 heavy (non-hydrogen) atoms. The minimum atomic E-state index is 0.00516. The van der Waals surface area contributed by atoms with Crippen molar-refractivity contribution >= 4 is 11.2 Å². The molecule has 2 aromatic heterocycles. The molecule has 0 radical (unpaired) electrons. The van der Waals surface area contributed by atoms with Gasteiger partial charge in [0.05, 0.1) is 0 Å². The maximum absolute atomic E-state index is 5.96. The molecule has 0 N–H and O–H groups in total. The molecule has 3 aromatic rings. The van der Waals surface area contributed by atoms with Crippen molar-refractivity contribution < 1.29 is 9.47 Å². The molecule has 0 amide bonds. The van der Waals surface area contributed by atoms with E-state index in [0.29, 0.717) is 18.0 Å². The number of rotatable bonds is 5. The predicted molar refractivity (Wildman–Crippen MR) is 94.3 cm³/mol. The van der Waals surface area contributed by atoms with Crippen molar-refractivity contribution in [3.63, 3.8) is 0 Å². The van der Waals surface area contributed by atoms with Crippen molar-refractivity contribution in [1.82, 2.24) is 19.5 Å². The summed E-state index contributed by atoms with van der Waals surface area (Å²) in [4.78, 5) is 13.5. The van der Waals surface area contributed by atoms with E-state index in [2.05, 4.69) is 21.5 Å². The van der Waals surface area contributed by atoms with Crippen LogP contribution in [0.1, 0.15) is 43.8 Å². The molecule has 3 heterocycles. The Bertz CT molecular complexity index is 841. The van der Waals surface area contributed by atoms with Crippen molar-refractivity contribution in [3.8, 4) is 5.88 Å². The van der Waals surface area contributed by atoms with Gasteiger partial charge in [0.1, 0.15) is 25.0 Å². The Morgan fingerprint density at radius 3 is 2.84 bits per heavy atom. The molecule has 6 heteroatoms. The molecule has 1 fully saturated rings. The summed E-state index contributed by atoms with van der Waals surface area (Å²) < 4.78 is 14.0. The molecule has 130 valence electrons. The molecule has 1 unspecified atom stereocenters. The zero-order valence-corrected chi connectivity index (χ0v) is 14.4. The number of ether oxygens (including phenoxy) is 2. The summed E-state index contributed by atoms with van der Waals surface area (Å²) in [5.74, 6) is 1.49. The average molecular weight is 338 g/mol. The minimum Gasteiger partial charge on any atom is -0.471 e. The molecule has 0 spiro atoms. The van der Waals surface area contributed by atoms with Gasteiger partial charge in [-0.25, -0.2) is 9.97 Å². The smallest absolute Gasteiger partial charge is 0.245 e. The number of imidazole rings is 1. The second-order valence-corrected chi connectivity index (χ2v) is 6.20. The van der Waals surface area contributed by atoms with E-state index in [0.717, 1.165) is 49.3 Å². The third-order valence-corrected chi connectivity index (χ3v) is 4.49. The van der Waals surface area contributed by atoms with Gasteiger partial charge in [0.15, 0.2) is 11.2 Å². The number of hydrogen-bond acceptors (Lipinski definition) is 5. The fraction of sp³-hybridized carbons (Fsp3) is 0.421. The van der Waals surface area contributed by atoms with Crippen molar-refractivity contribution in [2.24, 2.45) is 0 Å². The number of nitrogens with zero attached hydrogens (tertiary/aromatic N) is 4. The lowest BCUT2D eigenvalue weighted by molar-refractivity contribution is -0.0312. The van der Waals surface area contributed by atoms with Crippen molar-refractivity contribution in [1.29, 1.82) is 0 Å². The molecule has 4 rings (SSSR count). The third-order valence-electron chi connectivity index (χ3n) is 4.49. The van der Waals surface area contributed by atoms with Gasteiger partial charge in [-0.15, -0.1) is 0 Å². The molecule has 1 saturated heterocycles. The highest BCUT2D eigenvalue weighted by Gasteiger charge is 2.24. The summed E-state index contributed by atoms with van der Waals surface area (Å²) in [6, 6.07) is 10.1. The van der Waals surface area contributed by atoms with Gasteiger partial charge in [0.25, 0.3) is 0 Å². The van der Waals surface area contributed by atoms with Crippen LogP contribution in [0.15, 0.2) is 36.7 Å². The first-order valence-corrected chi connectivity index (χ1v) is 8.87. The fourth-order valence-electron chi connectivity index (χ4n) is 3.24. The summed E-state index contributed by atoms with van der Waals surface area (Å²) in [5.41, 5.74) is 2.60. The van der Waals surface area contributed by atoms with E-state index in [1.807, 2.05) is 30.3 Å². The van der Waals surface area contributed by atoms with Crippen LogP contribution in [0.25, 0.3) is 11.2 Å². The Morgan fingerprint density at radius 1 is 1.20 bits per heavy atom. The van der Waals surface area contributed by atoms with E-state index >= 15 is 0 Å². The van der Waals surface area contributed by atoms with E-state index in [9.17, 15) is 0 Å². The van der Waals surface area contributed by atoms with E-state index < -0.39 is 0 Å². The molecule has 1 aromatic carbocycles. The molecule has 1 aliphatic heterocycles. The first-order chi connectivity index (χ1) is 12.4. The van der Waals surface area contributed by atoms with Gasteiger partial charge in [-0.2, -0.15) is 4.98 Å². The molecule has 0 aliphatic carbocycles. The quantitative estimate of drug-likeness (QED) is 0.710. The fourth-order valence-corrected chi connectivity index (χ4v) is 3.24. The van der Waals surface area contributed by atoms with Gasteiger partial charge in [-0.05, 0) is 24.8 Å². The Kier molecular flexibility index (Phi) is 4.61. The Hall–Kier alpha value is -2.47. The Balaban J connectivity index is 1.68. The van der Waals surface area contributed by atoms with Crippen LogP contribution in [0.4, 0.5) is 0 Å². The lowest BCUT2D eigenvalue weighted by Crippen LogP contribution is -2.20. The number of hydrogen-bond donors (Lipinski definition) is 0. The second-order valence-electron chi connectivity index (χ2n) is 6.20. The highest BCUT2D eigenvalue weighted by atomic mass is 16.5. The predicted octanol–water partition coefficient (Wildman–Crippen LogP) is 3.67. The van der Waals surface area contributed by atoms with Gasteiger partial charge in [0, 0.05) is 13.0 Å². The molecule has 6 nitrogen and oxygen atoms in total. The summed E-state index contributed by atoms with van der Waals surface area (Å²) in [5, 5.41) is 0. The minimum absolute atomic E-state index is 0.00516. The van der Waals surface area contributed by atoms with Crippen LogP contribution >= 0.6 is 0 Å². The first-order valence-electron chi connectivity index (χ1n) is 8.87. The molecular formula is C19H22N4O2. The van der Waals surface area contributed by atoms with E-state index in [4.69, 9.17) is 14.5 Å². The van der Waals surface area contributed by atoms with Gasteiger partial charge < -0.3 is 9.47 Å². The van der Waals surface area contributed by atoms with Gasteiger partial charge in [-0.3, -0.25) is 4.57 Å². The van der Waals surface area contributed by atoms with E-state index in [-0.39, 0.29) is 6.23 Å². The van der Waals surface area contributed by atoms with Crippen LogP contribution in [0, 0.1) is 0 Å². The van der Waals surface area contributed by atoms with Crippen molar-refractivity contribution in [2.45, 2.75) is 45.4 Å². The Labute approximate surface area is 146 Å². The van der Waals surface area contributed by atoms with Crippen LogP contribution in [0.3, 0.4) is 0 Å². The summed E-state index contributed by atoms with van der Waals surface area (Å²) in [7, 11) is 0. The number of fused-ring (bicyclic) bond motifs is 1. The summed E-state index contributed by atoms with van der Waals surface area (Å²) in [6.45, 7) is 3.34. The molecule has 0 bridgehead atoms. The van der Waals surface area contributed by atoms with Crippen molar-refractivity contribution in [3.05, 3.63) is 48.0 Å². The molecule has 1 aliphatic rings. The normalized spacial score (nSPS) is 17.7. The molecule has 1 atom stereocenters. The first kappa shape index (κ1) is 16.0. The lowest BCUT2D eigenvalue weighted by atomic mass is 10.2. The zero-order chi connectivity index (χ0) is 17.1. The SMILES string of the molecule is CCc1nc2c(OCc3ccccc3)ncnc2n1C1CCCCO1. The van der Waals surface area contributed by atoms with Gasteiger partial charge in [0.2, 0.25) is 5.88 Å². The lowest BCUT2D eigenvalue weighted by Gasteiger charge is -2.25. The maximum Gasteiger partial charge on any atom is 0.245 e. The average Bonchev–Trinajstić information content (AvgIpc) is 3.07. The van der Waals surface area contributed by atoms with Crippen LogP contribution in [-0.2, 0) is 17.8 Å². The van der Waals surface area contributed by atoms with Gasteiger partial charge in [-0.1, -0.05) is 37.3 Å². The third kappa shape index (κ3) is 3.22. The zero-order valence-electron chi connectivity index (χ0n) is 14.4. The van der Waals surface area contributed by atoms with Crippen molar-refractivity contribution in [2.75, 3.05) is 6.61 Å². The number of aromatic nitrogens is 4. The Morgan fingerprint density at radius 2 is 2.08 bits per heavy atom. The number of aryl methyl sites for hydroxylation is 1. The molecular weight excluding hydrogens is 316 g/mol. The van der Waals surface area contributed by atoms with Crippen LogP contribution < -0.4 is 4.74 Å². The topological polar surface area (TPSA) is 62.1 Å². The monoisotopic (exact) mass is 338 g/mol. The largest absolute Gasteiger partial charge is 0.471 e.